The lowest BCUT2D eigenvalue weighted by atomic mass is 10.1. The van der Waals surface area contributed by atoms with E-state index in [9.17, 15) is 4.79 Å². The lowest BCUT2D eigenvalue weighted by Crippen LogP contribution is -2.08. The van der Waals surface area contributed by atoms with Crippen LogP contribution in [-0.4, -0.2) is 13.1 Å². The molecular weight excluding hydrogens is 252 g/mol. The maximum atomic E-state index is 11.8. The Morgan fingerprint density at radius 3 is 2.40 bits per heavy atom. The molecule has 0 aliphatic heterocycles. The molecule has 0 N–H and O–H groups in total. The van der Waals surface area contributed by atoms with Gasteiger partial charge in [-0.2, -0.15) is 0 Å². The Bertz CT molecular complexity index is 573. The van der Waals surface area contributed by atoms with Crippen LogP contribution in [0.4, 0.5) is 0 Å². The molecule has 2 rings (SSSR count). The van der Waals surface area contributed by atoms with E-state index in [-0.39, 0.29) is 12.4 Å². The van der Waals surface area contributed by atoms with Crippen molar-refractivity contribution in [3.05, 3.63) is 65.2 Å². The quantitative estimate of drug-likeness (QED) is 0.782. The first-order chi connectivity index (χ1) is 9.69. The molecule has 2 aromatic carbocycles. The number of hydrogen-bond donors (Lipinski definition) is 0. The summed E-state index contributed by atoms with van der Waals surface area (Å²) in [5.41, 5.74) is 3.08. The zero-order valence-electron chi connectivity index (χ0n) is 11.8. The van der Waals surface area contributed by atoms with Crippen molar-refractivity contribution in [3.8, 4) is 5.75 Å². The van der Waals surface area contributed by atoms with Crippen LogP contribution >= 0.6 is 0 Å². The Balaban J connectivity index is 1.87. The molecule has 104 valence electrons. The standard InChI is InChI=1S/C17H18O3/c1-13-5-3-4-6-15(13)12-20-17(18)11-14-7-9-16(19-2)10-8-14/h3-10H,11-12H2,1-2H3. The van der Waals surface area contributed by atoms with Gasteiger partial charge in [-0.3, -0.25) is 4.79 Å². The molecule has 0 aliphatic rings. The van der Waals surface area contributed by atoms with Crippen LogP contribution in [0.2, 0.25) is 0 Å². The van der Waals surface area contributed by atoms with Crippen LogP contribution in [0.25, 0.3) is 0 Å². The van der Waals surface area contributed by atoms with Crippen molar-refractivity contribution < 1.29 is 14.3 Å². The van der Waals surface area contributed by atoms with E-state index in [0.29, 0.717) is 6.61 Å². The molecule has 2 aromatic rings. The van der Waals surface area contributed by atoms with Crippen molar-refractivity contribution in [2.45, 2.75) is 20.0 Å². The van der Waals surface area contributed by atoms with Gasteiger partial charge in [-0.15, -0.1) is 0 Å². The number of esters is 1. The Morgan fingerprint density at radius 1 is 1.05 bits per heavy atom. The Labute approximate surface area is 119 Å². The summed E-state index contributed by atoms with van der Waals surface area (Å²) in [6, 6.07) is 15.3. The SMILES string of the molecule is COc1ccc(CC(=O)OCc2ccccc2C)cc1. The van der Waals surface area contributed by atoms with Gasteiger partial charge < -0.3 is 9.47 Å². The van der Waals surface area contributed by atoms with Crippen molar-refractivity contribution >= 4 is 5.97 Å². The average Bonchev–Trinajstić information content (AvgIpc) is 2.47. The van der Waals surface area contributed by atoms with Gasteiger partial charge in [0.05, 0.1) is 13.5 Å². The van der Waals surface area contributed by atoms with Crippen LogP contribution in [0, 0.1) is 6.92 Å². The lowest BCUT2D eigenvalue weighted by Gasteiger charge is -2.07. The topological polar surface area (TPSA) is 35.5 Å². The molecule has 0 bridgehead atoms. The minimum Gasteiger partial charge on any atom is -0.497 e. The molecule has 0 amide bonds. The highest BCUT2D eigenvalue weighted by atomic mass is 16.5. The van der Waals surface area contributed by atoms with E-state index in [0.717, 1.165) is 22.4 Å². The van der Waals surface area contributed by atoms with E-state index in [2.05, 4.69) is 0 Å². The van der Waals surface area contributed by atoms with Crippen molar-refractivity contribution in [1.82, 2.24) is 0 Å². The van der Waals surface area contributed by atoms with Crippen molar-refractivity contribution in [2.75, 3.05) is 7.11 Å². The van der Waals surface area contributed by atoms with Crippen LogP contribution in [0.3, 0.4) is 0 Å². The van der Waals surface area contributed by atoms with Gasteiger partial charge in [-0.1, -0.05) is 36.4 Å². The monoisotopic (exact) mass is 270 g/mol. The van der Waals surface area contributed by atoms with Crippen LogP contribution in [0.1, 0.15) is 16.7 Å². The van der Waals surface area contributed by atoms with Gasteiger partial charge in [0, 0.05) is 0 Å². The second kappa shape index (κ2) is 6.75. The summed E-state index contributed by atoms with van der Waals surface area (Å²) in [6.07, 6.45) is 0.274. The molecule has 0 fully saturated rings. The molecule has 3 nitrogen and oxygen atoms in total. The van der Waals surface area contributed by atoms with Gasteiger partial charge in [-0.05, 0) is 35.7 Å². The number of rotatable bonds is 5. The third-order valence-corrected chi connectivity index (χ3v) is 3.16. The average molecular weight is 270 g/mol. The molecule has 0 atom stereocenters. The first-order valence-electron chi connectivity index (χ1n) is 6.52. The minimum absolute atomic E-state index is 0.224. The first kappa shape index (κ1) is 14.1. The molecule has 0 saturated heterocycles. The van der Waals surface area contributed by atoms with Crippen LogP contribution in [0.15, 0.2) is 48.5 Å². The fraction of sp³-hybridized carbons (Fsp3) is 0.235. The molecular formula is C17H18O3. The number of benzene rings is 2. The summed E-state index contributed by atoms with van der Waals surface area (Å²) >= 11 is 0. The maximum absolute atomic E-state index is 11.8. The van der Waals surface area contributed by atoms with Crippen molar-refractivity contribution in [1.29, 1.82) is 0 Å². The fourth-order valence-corrected chi connectivity index (χ4v) is 1.89. The Morgan fingerprint density at radius 2 is 1.75 bits per heavy atom. The summed E-state index contributed by atoms with van der Waals surface area (Å²) in [5, 5.41) is 0. The second-order valence-corrected chi connectivity index (χ2v) is 4.61. The van der Waals surface area contributed by atoms with Crippen LogP contribution < -0.4 is 4.74 Å². The summed E-state index contributed by atoms with van der Waals surface area (Å²) in [5.74, 6) is 0.556. The van der Waals surface area contributed by atoms with Crippen molar-refractivity contribution in [3.63, 3.8) is 0 Å². The number of ether oxygens (including phenoxy) is 2. The number of hydrogen-bond acceptors (Lipinski definition) is 3. The third kappa shape index (κ3) is 3.85. The van der Waals surface area contributed by atoms with E-state index in [1.807, 2.05) is 55.5 Å². The zero-order chi connectivity index (χ0) is 14.4. The third-order valence-electron chi connectivity index (χ3n) is 3.16. The van der Waals surface area contributed by atoms with Crippen LogP contribution in [0.5, 0.6) is 5.75 Å². The predicted molar refractivity (Wildman–Crippen MR) is 77.7 cm³/mol. The molecule has 0 aromatic heterocycles. The minimum atomic E-state index is -0.224. The molecule has 0 heterocycles. The fourth-order valence-electron chi connectivity index (χ4n) is 1.89. The molecule has 0 spiro atoms. The molecule has 0 aliphatic carbocycles. The molecule has 0 saturated carbocycles. The summed E-state index contributed by atoms with van der Waals surface area (Å²) in [4.78, 5) is 11.8. The Hall–Kier alpha value is -2.29. The maximum Gasteiger partial charge on any atom is 0.310 e. The van der Waals surface area contributed by atoms with Crippen LogP contribution in [-0.2, 0) is 22.6 Å². The first-order valence-corrected chi connectivity index (χ1v) is 6.52. The lowest BCUT2D eigenvalue weighted by molar-refractivity contribution is -0.144. The number of methoxy groups -OCH3 is 1. The summed E-state index contributed by atoms with van der Waals surface area (Å²) in [6.45, 7) is 2.33. The summed E-state index contributed by atoms with van der Waals surface area (Å²) in [7, 11) is 1.62. The van der Waals surface area contributed by atoms with E-state index < -0.39 is 0 Å². The highest BCUT2D eigenvalue weighted by molar-refractivity contribution is 5.72. The second-order valence-electron chi connectivity index (χ2n) is 4.61. The largest absolute Gasteiger partial charge is 0.497 e. The smallest absolute Gasteiger partial charge is 0.310 e. The zero-order valence-corrected chi connectivity index (χ0v) is 11.8. The molecule has 20 heavy (non-hydrogen) atoms. The van der Waals surface area contributed by atoms with Gasteiger partial charge in [-0.25, -0.2) is 0 Å². The van der Waals surface area contributed by atoms with Crippen molar-refractivity contribution in [2.24, 2.45) is 0 Å². The van der Waals surface area contributed by atoms with E-state index >= 15 is 0 Å². The van der Waals surface area contributed by atoms with E-state index in [1.165, 1.54) is 0 Å². The van der Waals surface area contributed by atoms with Gasteiger partial charge in [0.25, 0.3) is 0 Å². The normalized spacial score (nSPS) is 10.1. The molecule has 0 radical (unpaired) electrons. The number of aryl methyl sites for hydroxylation is 1. The van der Waals surface area contributed by atoms with E-state index in [1.54, 1.807) is 7.11 Å². The van der Waals surface area contributed by atoms with Gasteiger partial charge in [0.2, 0.25) is 0 Å². The highest BCUT2D eigenvalue weighted by Crippen LogP contribution is 2.13. The van der Waals surface area contributed by atoms with Gasteiger partial charge >= 0.3 is 5.97 Å². The van der Waals surface area contributed by atoms with E-state index in [4.69, 9.17) is 9.47 Å². The summed E-state index contributed by atoms with van der Waals surface area (Å²) < 4.78 is 10.4. The van der Waals surface area contributed by atoms with Gasteiger partial charge in [0.1, 0.15) is 12.4 Å². The number of carbonyl (C=O) groups is 1. The Kier molecular flexibility index (Phi) is 4.77. The molecule has 3 heteroatoms. The van der Waals surface area contributed by atoms with Gasteiger partial charge in [0.15, 0.2) is 0 Å². The molecule has 0 unspecified atom stereocenters. The predicted octanol–water partition coefficient (Wildman–Crippen LogP) is 3.29. The number of carbonyl (C=O) groups excluding carboxylic acids is 1. The highest BCUT2D eigenvalue weighted by Gasteiger charge is 2.06.